The third-order valence-electron chi connectivity index (χ3n) is 4.18. The number of hydrogen-bond acceptors (Lipinski definition) is 4. The standard InChI is InChI=1S/C20H26O5S.Na/c1-2-3-4-5-6-8-11-16-14-20(26(22,23)24)19(15-18(16)21)25-17-12-9-7-10-13-17;/h7,9-10,12-15,21H,2-6,8,11H2,1H3,(H,22,23,24);/q;+1/p-1. The molecule has 0 fully saturated rings. The van der Waals surface area contributed by atoms with Gasteiger partial charge in [0.15, 0.2) is 0 Å². The summed E-state index contributed by atoms with van der Waals surface area (Å²) in [6, 6.07) is 10.9. The van der Waals surface area contributed by atoms with Gasteiger partial charge in [-0.2, -0.15) is 8.42 Å². The van der Waals surface area contributed by atoms with Crippen LogP contribution < -0.4 is 39.4 Å². The van der Waals surface area contributed by atoms with E-state index in [0.717, 1.165) is 25.3 Å². The summed E-state index contributed by atoms with van der Waals surface area (Å²) in [6.07, 6.45) is 6.92. The Morgan fingerprint density at radius 1 is 1.00 bits per heavy atom. The Labute approximate surface area is 183 Å². The molecular weight excluding hydrogens is 375 g/mol. The summed E-state index contributed by atoms with van der Waals surface area (Å²) in [5.41, 5.74) is 0.383. The van der Waals surface area contributed by atoms with Crippen LogP contribution in [-0.2, 0) is 16.5 Å². The molecule has 142 valence electrons. The zero-order chi connectivity index (χ0) is 19.0. The van der Waals surface area contributed by atoms with E-state index >= 15 is 0 Å². The number of benzene rings is 2. The van der Waals surface area contributed by atoms with Gasteiger partial charge in [0.25, 0.3) is 10.1 Å². The Bertz CT molecular complexity index is 807. The van der Waals surface area contributed by atoms with Crippen LogP contribution in [0.25, 0.3) is 0 Å². The molecular formula is C20H25NaO5S. The largest absolute Gasteiger partial charge is 1.00 e. The molecule has 0 heterocycles. The first-order chi connectivity index (χ1) is 12.4. The van der Waals surface area contributed by atoms with Crippen molar-refractivity contribution in [2.45, 2.75) is 56.8 Å². The number of para-hydroxylation sites is 1. The Kier molecular flexibility index (Phi) is 10.4. The van der Waals surface area contributed by atoms with Crippen LogP contribution in [0.15, 0.2) is 47.4 Å². The van der Waals surface area contributed by atoms with E-state index in [9.17, 15) is 18.1 Å². The second kappa shape index (κ2) is 11.7. The molecule has 0 atom stereocenters. The fourth-order valence-corrected chi connectivity index (χ4v) is 3.42. The fraction of sp³-hybridized carbons (Fsp3) is 0.400. The second-order valence-electron chi connectivity index (χ2n) is 6.31. The van der Waals surface area contributed by atoms with Crippen molar-refractivity contribution < 1.29 is 52.4 Å². The van der Waals surface area contributed by atoms with E-state index in [2.05, 4.69) is 6.92 Å². The maximum Gasteiger partial charge on any atom is 1.00 e. The van der Waals surface area contributed by atoms with Crippen molar-refractivity contribution in [3.8, 4) is 17.2 Å². The predicted octanol–water partition coefficient (Wildman–Crippen LogP) is 1.71. The van der Waals surface area contributed by atoms with Crippen molar-refractivity contribution in [3.63, 3.8) is 0 Å². The molecule has 1 N–H and O–H groups in total. The van der Waals surface area contributed by atoms with Gasteiger partial charge in [0.2, 0.25) is 0 Å². The minimum absolute atomic E-state index is 0. The molecule has 0 spiro atoms. The van der Waals surface area contributed by atoms with Crippen LogP contribution in [0.3, 0.4) is 0 Å². The molecule has 2 aromatic rings. The SMILES string of the molecule is CCCCCCCCc1cc(S(=O)(=O)O)c(Oc2ccccc2)cc1[O-].[Na+]. The topological polar surface area (TPSA) is 86.7 Å². The maximum absolute atomic E-state index is 12.3. The molecule has 0 saturated carbocycles. The van der Waals surface area contributed by atoms with Gasteiger partial charge in [0.05, 0.1) is 0 Å². The Morgan fingerprint density at radius 2 is 1.63 bits per heavy atom. The zero-order valence-electron chi connectivity index (χ0n) is 16.0. The van der Waals surface area contributed by atoms with Crippen molar-refractivity contribution in [2.75, 3.05) is 0 Å². The quantitative estimate of drug-likeness (QED) is 0.373. The Hall–Kier alpha value is -1.05. The van der Waals surface area contributed by atoms with Crippen molar-refractivity contribution in [2.24, 2.45) is 0 Å². The molecule has 0 aliphatic rings. The van der Waals surface area contributed by atoms with E-state index in [1.165, 1.54) is 25.3 Å². The van der Waals surface area contributed by atoms with Gasteiger partial charge in [-0.15, -0.1) is 5.75 Å². The van der Waals surface area contributed by atoms with E-state index < -0.39 is 10.1 Å². The summed E-state index contributed by atoms with van der Waals surface area (Å²) in [6.45, 7) is 2.15. The number of rotatable bonds is 10. The monoisotopic (exact) mass is 400 g/mol. The first-order valence-electron chi connectivity index (χ1n) is 8.96. The number of ether oxygens (including phenoxy) is 1. The number of unbranched alkanes of at least 4 members (excludes halogenated alkanes) is 5. The zero-order valence-corrected chi connectivity index (χ0v) is 18.8. The van der Waals surface area contributed by atoms with Crippen LogP contribution in [-0.4, -0.2) is 13.0 Å². The van der Waals surface area contributed by atoms with Crippen molar-refractivity contribution in [1.29, 1.82) is 0 Å². The van der Waals surface area contributed by atoms with Crippen LogP contribution in [0.4, 0.5) is 0 Å². The average Bonchev–Trinajstić information content (AvgIpc) is 2.59. The molecule has 0 saturated heterocycles. The second-order valence-corrected chi connectivity index (χ2v) is 7.70. The first kappa shape index (κ1) is 24.0. The normalized spacial score (nSPS) is 11.0. The molecule has 27 heavy (non-hydrogen) atoms. The minimum Gasteiger partial charge on any atom is -0.872 e. The molecule has 0 aliphatic heterocycles. The summed E-state index contributed by atoms with van der Waals surface area (Å²) in [5.74, 6) is -0.0484. The third kappa shape index (κ3) is 7.84. The summed E-state index contributed by atoms with van der Waals surface area (Å²) >= 11 is 0. The van der Waals surface area contributed by atoms with Gasteiger partial charge in [-0.25, -0.2) is 0 Å². The van der Waals surface area contributed by atoms with E-state index in [-0.39, 0.29) is 46.0 Å². The fourth-order valence-electron chi connectivity index (χ4n) is 2.77. The van der Waals surface area contributed by atoms with Crippen LogP contribution in [0.5, 0.6) is 17.2 Å². The molecule has 0 amide bonds. The number of hydrogen-bond donors (Lipinski definition) is 1. The Balaban J connectivity index is 0.00000364. The molecule has 0 aliphatic carbocycles. The molecule has 5 nitrogen and oxygen atoms in total. The molecule has 2 aromatic carbocycles. The first-order valence-corrected chi connectivity index (χ1v) is 10.4. The van der Waals surface area contributed by atoms with Crippen LogP contribution in [0.1, 0.15) is 51.0 Å². The molecule has 0 aromatic heterocycles. The molecule has 2 rings (SSSR count). The van der Waals surface area contributed by atoms with E-state index in [4.69, 9.17) is 4.74 Å². The summed E-state index contributed by atoms with van der Waals surface area (Å²) in [4.78, 5) is -0.373. The summed E-state index contributed by atoms with van der Waals surface area (Å²) in [5, 5.41) is 12.3. The van der Waals surface area contributed by atoms with Crippen molar-refractivity contribution in [3.05, 3.63) is 48.0 Å². The molecule has 0 bridgehead atoms. The van der Waals surface area contributed by atoms with Gasteiger partial charge in [-0.3, -0.25) is 4.55 Å². The van der Waals surface area contributed by atoms with Gasteiger partial charge in [-0.1, -0.05) is 62.8 Å². The van der Waals surface area contributed by atoms with E-state index in [1.807, 2.05) is 0 Å². The molecule has 0 radical (unpaired) electrons. The smallest absolute Gasteiger partial charge is 0.872 e. The van der Waals surface area contributed by atoms with E-state index in [0.29, 0.717) is 17.7 Å². The Morgan fingerprint density at radius 3 is 2.26 bits per heavy atom. The number of aryl methyl sites for hydroxylation is 1. The van der Waals surface area contributed by atoms with Crippen molar-refractivity contribution in [1.82, 2.24) is 0 Å². The molecule has 0 unspecified atom stereocenters. The summed E-state index contributed by atoms with van der Waals surface area (Å²) < 4.78 is 38.5. The van der Waals surface area contributed by atoms with Gasteiger partial charge in [-0.05, 0) is 37.1 Å². The van der Waals surface area contributed by atoms with Gasteiger partial charge >= 0.3 is 29.6 Å². The van der Waals surface area contributed by atoms with Gasteiger partial charge < -0.3 is 9.84 Å². The molecule has 7 heteroatoms. The van der Waals surface area contributed by atoms with Crippen LogP contribution >= 0.6 is 0 Å². The van der Waals surface area contributed by atoms with Gasteiger partial charge in [0.1, 0.15) is 16.4 Å². The predicted molar refractivity (Wildman–Crippen MR) is 99.3 cm³/mol. The average molecular weight is 400 g/mol. The van der Waals surface area contributed by atoms with Crippen LogP contribution in [0, 0.1) is 0 Å². The van der Waals surface area contributed by atoms with E-state index in [1.54, 1.807) is 30.3 Å². The third-order valence-corrected chi connectivity index (χ3v) is 5.05. The maximum atomic E-state index is 12.3. The summed E-state index contributed by atoms with van der Waals surface area (Å²) in [7, 11) is -4.50. The van der Waals surface area contributed by atoms with Crippen molar-refractivity contribution >= 4 is 10.1 Å². The minimum atomic E-state index is -4.50. The van der Waals surface area contributed by atoms with Crippen LogP contribution in [0.2, 0.25) is 0 Å². The van der Waals surface area contributed by atoms with Gasteiger partial charge in [0, 0.05) is 0 Å².